The first-order chi connectivity index (χ1) is 9.52. The van der Waals surface area contributed by atoms with Gasteiger partial charge in [-0.15, -0.1) is 0 Å². The Labute approximate surface area is 129 Å². The zero-order valence-electron chi connectivity index (χ0n) is 11.7. The third kappa shape index (κ3) is 4.37. The second-order valence-electron chi connectivity index (χ2n) is 4.56. The molecule has 112 valence electrons. The number of ether oxygens (including phenoxy) is 1. The number of hydrogen-bond acceptors (Lipinski definition) is 3. The molecule has 0 saturated carbocycles. The van der Waals surface area contributed by atoms with Gasteiger partial charge >= 0.3 is 5.97 Å². The lowest BCUT2D eigenvalue weighted by Crippen LogP contribution is -2.32. The molecule has 1 aliphatic carbocycles. The van der Waals surface area contributed by atoms with E-state index in [1.54, 1.807) is 19.1 Å². The predicted octanol–water partition coefficient (Wildman–Crippen LogP) is 3.90. The summed E-state index contributed by atoms with van der Waals surface area (Å²) >= 11 is 12.4. The molecular weight excluding hydrogens is 299 g/mol. The first-order valence-electron chi connectivity index (χ1n) is 6.78. The largest absolute Gasteiger partial charge is 0.466 e. The standard InChI is InChI=1S/C15H20Cl2O3/c1-3-7-10(15(19)20-4-2)14(18)13-11(16)8-5-6-9-12(13)17/h5-6,8,10,14,18H,3-4,7,9H2,1-2H3/t10-,14-/m0/s1. The highest BCUT2D eigenvalue weighted by Crippen LogP contribution is 2.33. The molecular formula is C15H20Cl2O3. The molecule has 0 aromatic rings. The lowest BCUT2D eigenvalue weighted by atomic mass is 9.91. The number of carbonyl (C=O) groups excluding carboxylic acids is 1. The SMILES string of the molecule is CCC[C@H](C(=O)OCC)[C@H](O)C1=C(Cl)CC=CC=C1Cl. The predicted molar refractivity (Wildman–Crippen MR) is 81.6 cm³/mol. The quantitative estimate of drug-likeness (QED) is 0.755. The van der Waals surface area contributed by atoms with Crippen molar-refractivity contribution in [3.63, 3.8) is 0 Å². The van der Waals surface area contributed by atoms with Crippen molar-refractivity contribution in [2.75, 3.05) is 6.61 Å². The third-order valence-corrected chi connectivity index (χ3v) is 3.78. The fraction of sp³-hybridized carbons (Fsp3) is 0.533. The fourth-order valence-corrected chi connectivity index (χ4v) is 2.77. The van der Waals surface area contributed by atoms with Crippen molar-refractivity contribution in [1.82, 2.24) is 0 Å². The van der Waals surface area contributed by atoms with E-state index in [1.165, 1.54) is 0 Å². The number of aliphatic hydroxyl groups is 1. The first kappa shape index (κ1) is 17.3. The van der Waals surface area contributed by atoms with Crippen molar-refractivity contribution in [2.24, 2.45) is 5.92 Å². The second kappa shape index (κ2) is 8.50. The van der Waals surface area contributed by atoms with E-state index < -0.39 is 18.0 Å². The van der Waals surface area contributed by atoms with Gasteiger partial charge in [0.25, 0.3) is 0 Å². The minimum Gasteiger partial charge on any atom is -0.466 e. The Balaban J connectivity index is 3.04. The molecule has 0 amide bonds. The molecule has 1 aliphatic rings. The zero-order chi connectivity index (χ0) is 15.1. The number of aliphatic hydroxyl groups excluding tert-OH is 1. The van der Waals surface area contributed by atoms with Crippen molar-refractivity contribution in [3.8, 4) is 0 Å². The van der Waals surface area contributed by atoms with Crippen LogP contribution < -0.4 is 0 Å². The monoisotopic (exact) mass is 318 g/mol. The van der Waals surface area contributed by atoms with Gasteiger partial charge in [-0.3, -0.25) is 4.79 Å². The molecule has 1 rings (SSSR count). The van der Waals surface area contributed by atoms with Gasteiger partial charge in [0.15, 0.2) is 0 Å². The molecule has 0 bridgehead atoms. The molecule has 0 aliphatic heterocycles. The van der Waals surface area contributed by atoms with Crippen LogP contribution in [-0.4, -0.2) is 23.8 Å². The van der Waals surface area contributed by atoms with Gasteiger partial charge in [0.2, 0.25) is 0 Å². The van der Waals surface area contributed by atoms with Crippen LogP contribution in [0.1, 0.15) is 33.1 Å². The number of carbonyl (C=O) groups is 1. The van der Waals surface area contributed by atoms with Crippen molar-refractivity contribution >= 4 is 29.2 Å². The van der Waals surface area contributed by atoms with Gasteiger partial charge in [0.05, 0.1) is 18.6 Å². The van der Waals surface area contributed by atoms with E-state index in [4.69, 9.17) is 27.9 Å². The highest BCUT2D eigenvalue weighted by atomic mass is 35.5. The van der Waals surface area contributed by atoms with E-state index in [0.29, 0.717) is 28.5 Å². The summed E-state index contributed by atoms with van der Waals surface area (Å²) in [5.41, 5.74) is 0.421. The summed E-state index contributed by atoms with van der Waals surface area (Å²) in [6.45, 7) is 3.96. The normalized spacial score (nSPS) is 18.4. The van der Waals surface area contributed by atoms with E-state index >= 15 is 0 Å². The molecule has 5 heteroatoms. The Morgan fingerprint density at radius 3 is 2.75 bits per heavy atom. The van der Waals surface area contributed by atoms with E-state index in [9.17, 15) is 9.90 Å². The number of halogens is 2. The first-order valence-corrected chi connectivity index (χ1v) is 7.54. The van der Waals surface area contributed by atoms with Crippen LogP contribution in [0.5, 0.6) is 0 Å². The van der Waals surface area contributed by atoms with Crippen LogP contribution in [0.3, 0.4) is 0 Å². The van der Waals surface area contributed by atoms with Gasteiger partial charge in [-0.2, -0.15) is 0 Å². The van der Waals surface area contributed by atoms with Gasteiger partial charge in [0.1, 0.15) is 0 Å². The molecule has 2 atom stereocenters. The molecule has 0 unspecified atom stereocenters. The lowest BCUT2D eigenvalue weighted by molar-refractivity contribution is -0.151. The van der Waals surface area contributed by atoms with Gasteiger partial charge in [-0.1, -0.05) is 48.7 Å². The van der Waals surface area contributed by atoms with E-state index in [-0.39, 0.29) is 6.61 Å². The topological polar surface area (TPSA) is 46.5 Å². The summed E-state index contributed by atoms with van der Waals surface area (Å²) in [6, 6.07) is 0. The van der Waals surface area contributed by atoms with Crippen molar-refractivity contribution in [2.45, 2.75) is 39.2 Å². The average molecular weight is 319 g/mol. The van der Waals surface area contributed by atoms with Crippen LogP contribution in [0.4, 0.5) is 0 Å². The minimum absolute atomic E-state index is 0.281. The van der Waals surface area contributed by atoms with Gasteiger partial charge in [-0.05, 0) is 19.4 Å². The van der Waals surface area contributed by atoms with Gasteiger partial charge in [0, 0.05) is 22.1 Å². The van der Waals surface area contributed by atoms with Crippen molar-refractivity contribution in [3.05, 3.63) is 33.9 Å². The highest BCUT2D eigenvalue weighted by molar-refractivity contribution is 6.36. The molecule has 0 heterocycles. The summed E-state index contributed by atoms with van der Waals surface area (Å²) in [4.78, 5) is 12.0. The Morgan fingerprint density at radius 2 is 2.15 bits per heavy atom. The average Bonchev–Trinajstić information content (AvgIpc) is 2.56. The minimum atomic E-state index is -1.05. The lowest BCUT2D eigenvalue weighted by Gasteiger charge is -2.24. The second-order valence-corrected chi connectivity index (χ2v) is 5.42. The van der Waals surface area contributed by atoms with E-state index in [2.05, 4.69) is 0 Å². The van der Waals surface area contributed by atoms with Crippen LogP contribution >= 0.6 is 23.2 Å². The number of esters is 1. The Bertz CT molecular complexity index is 438. The van der Waals surface area contributed by atoms with E-state index in [1.807, 2.05) is 13.0 Å². The summed E-state index contributed by atoms with van der Waals surface area (Å²) in [5.74, 6) is -1.07. The van der Waals surface area contributed by atoms with Gasteiger partial charge in [-0.25, -0.2) is 0 Å². The molecule has 0 radical (unpaired) electrons. The maximum atomic E-state index is 12.0. The van der Waals surface area contributed by atoms with Gasteiger partial charge < -0.3 is 9.84 Å². The summed E-state index contributed by atoms with van der Waals surface area (Å²) in [7, 11) is 0. The number of hydrogen-bond donors (Lipinski definition) is 1. The Kier molecular flexibility index (Phi) is 7.35. The molecule has 0 spiro atoms. The summed E-state index contributed by atoms with van der Waals surface area (Å²) < 4.78 is 5.03. The van der Waals surface area contributed by atoms with Crippen molar-refractivity contribution in [1.29, 1.82) is 0 Å². The molecule has 3 nitrogen and oxygen atoms in total. The Hall–Kier alpha value is -0.770. The molecule has 20 heavy (non-hydrogen) atoms. The van der Waals surface area contributed by atoms with Crippen LogP contribution in [0, 0.1) is 5.92 Å². The number of rotatable bonds is 6. The maximum Gasteiger partial charge on any atom is 0.311 e. The van der Waals surface area contributed by atoms with Crippen molar-refractivity contribution < 1.29 is 14.6 Å². The Morgan fingerprint density at radius 1 is 1.45 bits per heavy atom. The summed E-state index contributed by atoms with van der Waals surface area (Å²) in [6.07, 6.45) is 6.01. The van der Waals surface area contributed by atoms with E-state index in [0.717, 1.165) is 6.42 Å². The number of allylic oxidation sites excluding steroid dienone is 4. The molecule has 0 fully saturated rings. The smallest absolute Gasteiger partial charge is 0.311 e. The third-order valence-electron chi connectivity index (χ3n) is 3.09. The van der Waals surface area contributed by atoms with Crippen LogP contribution in [0.25, 0.3) is 0 Å². The molecule has 0 aromatic heterocycles. The van der Waals surface area contributed by atoms with Crippen LogP contribution in [-0.2, 0) is 9.53 Å². The van der Waals surface area contributed by atoms with Crippen LogP contribution in [0.2, 0.25) is 0 Å². The molecule has 1 N–H and O–H groups in total. The molecule has 0 aromatic carbocycles. The summed E-state index contributed by atoms with van der Waals surface area (Å²) in [5, 5.41) is 11.4. The zero-order valence-corrected chi connectivity index (χ0v) is 13.2. The maximum absolute atomic E-state index is 12.0. The highest BCUT2D eigenvalue weighted by Gasteiger charge is 2.32. The molecule has 0 saturated heterocycles. The van der Waals surface area contributed by atoms with Crippen LogP contribution in [0.15, 0.2) is 33.9 Å². The fourth-order valence-electron chi connectivity index (χ4n) is 2.12.